The molecule has 0 fully saturated rings. The molecule has 1 aliphatic heterocycles. The van der Waals surface area contributed by atoms with Crippen molar-refractivity contribution in [1.29, 1.82) is 0 Å². The summed E-state index contributed by atoms with van der Waals surface area (Å²) < 4.78 is 1.02. The molecule has 1 aromatic heterocycles. The third-order valence-electron chi connectivity index (χ3n) is 4.31. The molecule has 6 nitrogen and oxygen atoms in total. The molecule has 0 saturated heterocycles. The van der Waals surface area contributed by atoms with Crippen LogP contribution < -0.4 is 11.2 Å². The van der Waals surface area contributed by atoms with Crippen LogP contribution >= 0.6 is 11.6 Å². The quantitative estimate of drug-likeness (QED) is 0.714. The van der Waals surface area contributed by atoms with E-state index in [4.69, 9.17) is 11.6 Å². The van der Waals surface area contributed by atoms with Gasteiger partial charge in [0.25, 0.3) is 5.56 Å². The van der Waals surface area contributed by atoms with E-state index in [1.807, 2.05) is 25.1 Å². The maximum atomic E-state index is 12.3. The van der Waals surface area contributed by atoms with E-state index in [0.717, 1.165) is 21.4 Å². The highest BCUT2D eigenvalue weighted by molar-refractivity contribution is 6.30. The minimum Gasteiger partial charge on any atom is -0.494 e. The summed E-state index contributed by atoms with van der Waals surface area (Å²) in [5.41, 5.74) is 2.31. The van der Waals surface area contributed by atoms with Gasteiger partial charge in [0, 0.05) is 22.4 Å². The van der Waals surface area contributed by atoms with Crippen molar-refractivity contribution in [3.63, 3.8) is 0 Å². The van der Waals surface area contributed by atoms with E-state index >= 15 is 0 Å². The van der Waals surface area contributed by atoms with Gasteiger partial charge in [-0.05, 0) is 49.4 Å². The molecule has 0 atom stereocenters. The summed E-state index contributed by atoms with van der Waals surface area (Å²) in [5, 5.41) is 11.1. The molecule has 0 bridgehead atoms. The summed E-state index contributed by atoms with van der Waals surface area (Å²) in [5.74, 6) is -0.451. The van der Waals surface area contributed by atoms with Crippen molar-refractivity contribution < 1.29 is 5.11 Å². The Morgan fingerprint density at radius 2 is 1.89 bits per heavy atom. The molecule has 0 aliphatic carbocycles. The van der Waals surface area contributed by atoms with Crippen molar-refractivity contribution in [3.05, 3.63) is 85.0 Å². The fourth-order valence-corrected chi connectivity index (χ4v) is 3.10. The third-order valence-corrected chi connectivity index (χ3v) is 4.56. The number of rotatable bonds is 2. The van der Waals surface area contributed by atoms with Crippen LogP contribution in [-0.4, -0.2) is 20.9 Å². The first-order valence-corrected chi connectivity index (χ1v) is 8.53. The summed E-state index contributed by atoms with van der Waals surface area (Å²) in [6, 6.07) is 12.1. The van der Waals surface area contributed by atoms with Gasteiger partial charge in [0.15, 0.2) is 0 Å². The summed E-state index contributed by atoms with van der Waals surface area (Å²) in [7, 11) is 0. The maximum Gasteiger partial charge on any atom is 0.335 e. The third kappa shape index (κ3) is 3.00. The molecular formula is C20H14ClN3O3. The topological polar surface area (TPSA) is 87.5 Å². The van der Waals surface area contributed by atoms with Crippen LogP contribution in [0.15, 0.2) is 57.0 Å². The SMILES string of the molecule is Cc1ccc2c(c1)C(=Cc1c(O)n(-c3ccc(Cl)cc3)c(=O)[nH]c1=O)C=N2. The van der Waals surface area contributed by atoms with E-state index in [-0.39, 0.29) is 5.56 Å². The Morgan fingerprint density at radius 3 is 2.63 bits per heavy atom. The number of hydrogen-bond acceptors (Lipinski definition) is 4. The van der Waals surface area contributed by atoms with Crippen molar-refractivity contribution in [2.75, 3.05) is 0 Å². The van der Waals surface area contributed by atoms with Gasteiger partial charge in [-0.15, -0.1) is 0 Å². The van der Waals surface area contributed by atoms with Gasteiger partial charge in [-0.1, -0.05) is 23.2 Å². The molecular weight excluding hydrogens is 366 g/mol. The Labute approximate surface area is 158 Å². The summed E-state index contributed by atoms with van der Waals surface area (Å²) in [6.07, 6.45) is 3.15. The molecule has 0 radical (unpaired) electrons. The van der Waals surface area contributed by atoms with Crippen LogP contribution in [-0.2, 0) is 0 Å². The first kappa shape index (κ1) is 17.1. The second-order valence-corrected chi connectivity index (χ2v) is 6.62. The van der Waals surface area contributed by atoms with Crippen molar-refractivity contribution in [3.8, 4) is 11.6 Å². The molecule has 27 heavy (non-hydrogen) atoms. The average Bonchev–Trinajstić information content (AvgIpc) is 3.02. The number of aromatic amines is 1. The molecule has 134 valence electrons. The number of H-pyrrole nitrogens is 1. The zero-order chi connectivity index (χ0) is 19.1. The van der Waals surface area contributed by atoms with Gasteiger partial charge in [0.05, 0.1) is 11.4 Å². The normalized spacial score (nSPS) is 13.9. The van der Waals surface area contributed by atoms with E-state index in [2.05, 4.69) is 9.98 Å². The van der Waals surface area contributed by atoms with Crippen molar-refractivity contribution in [1.82, 2.24) is 9.55 Å². The Balaban J connectivity index is 1.91. The van der Waals surface area contributed by atoms with Crippen LogP contribution in [0.4, 0.5) is 5.69 Å². The molecule has 2 N–H and O–H groups in total. The zero-order valence-corrected chi connectivity index (χ0v) is 15.0. The van der Waals surface area contributed by atoms with Crippen LogP contribution in [0, 0.1) is 6.92 Å². The highest BCUT2D eigenvalue weighted by Gasteiger charge is 2.17. The summed E-state index contributed by atoms with van der Waals surface area (Å²) in [6.45, 7) is 1.96. The average molecular weight is 380 g/mol. The Kier molecular flexibility index (Phi) is 4.05. The maximum absolute atomic E-state index is 12.3. The minimum absolute atomic E-state index is 0.0274. The number of halogens is 1. The number of hydrogen-bond donors (Lipinski definition) is 2. The summed E-state index contributed by atoms with van der Waals surface area (Å²) in [4.78, 5) is 31.1. The standard InChI is InChI=1S/C20H14ClN3O3/c1-11-2-7-17-15(8-11)12(10-22-17)9-16-18(25)23-20(27)24(19(16)26)14-5-3-13(21)4-6-14/h2-10,26H,1H3,(H,23,25,27). The van der Waals surface area contributed by atoms with Gasteiger partial charge in [-0.2, -0.15) is 0 Å². The number of aliphatic imine (C=N–C) groups is 1. The van der Waals surface area contributed by atoms with Gasteiger partial charge in [0.2, 0.25) is 5.88 Å². The molecule has 0 amide bonds. The molecule has 0 saturated carbocycles. The van der Waals surface area contributed by atoms with Gasteiger partial charge < -0.3 is 5.11 Å². The Morgan fingerprint density at radius 1 is 1.15 bits per heavy atom. The van der Waals surface area contributed by atoms with E-state index in [9.17, 15) is 14.7 Å². The lowest BCUT2D eigenvalue weighted by Crippen LogP contribution is -2.30. The van der Waals surface area contributed by atoms with E-state index < -0.39 is 17.1 Å². The van der Waals surface area contributed by atoms with E-state index in [1.54, 1.807) is 30.5 Å². The highest BCUT2D eigenvalue weighted by Crippen LogP contribution is 2.33. The van der Waals surface area contributed by atoms with Gasteiger partial charge >= 0.3 is 5.69 Å². The number of aryl methyl sites for hydroxylation is 1. The predicted molar refractivity (Wildman–Crippen MR) is 107 cm³/mol. The Hall–Kier alpha value is -3.38. The number of allylic oxidation sites excluding steroid dienone is 1. The molecule has 2 aromatic carbocycles. The molecule has 7 heteroatoms. The minimum atomic E-state index is -0.738. The largest absolute Gasteiger partial charge is 0.494 e. The van der Waals surface area contributed by atoms with Gasteiger partial charge in [0.1, 0.15) is 5.56 Å². The molecule has 3 aromatic rings. The highest BCUT2D eigenvalue weighted by atomic mass is 35.5. The lowest BCUT2D eigenvalue weighted by atomic mass is 10.0. The van der Waals surface area contributed by atoms with E-state index in [0.29, 0.717) is 16.3 Å². The van der Waals surface area contributed by atoms with Crippen LogP contribution in [0.3, 0.4) is 0 Å². The van der Waals surface area contributed by atoms with Gasteiger partial charge in [-0.25, -0.2) is 9.36 Å². The van der Waals surface area contributed by atoms with Gasteiger partial charge in [-0.3, -0.25) is 14.8 Å². The Bertz CT molecular complexity index is 1230. The predicted octanol–water partition coefficient (Wildman–Crippen LogP) is 3.45. The van der Waals surface area contributed by atoms with Crippen LogP contribution in [0.25, 0.3) is 17.3 Å². The molecule has 1 aliphatic rings. The van der Waals surface area contributed by atoms with Crippen LogP contribution in [0.1, 0.15) is 16.7 Å². The van der Waals surface area contributed by atoms with Crippen molar-refractivity contribution >= 4 is 35.2 Å². The number of aromatic hydroxyl groups is 1. The molecule has 4 rings (SSSR count). The monoisotopic (exact) mass is 379 g/mol. The van der Waals surface area contributed by atoms with E-state index in [1.165, 1.54) is 6.08 Å². The fourth-order valence-electron chi connectivity index (χ4n) is 2.97. The van der Waals surface area contributed by atoms with Crippen LogP contribution in [0.5, 0.6) is 5.88 Å². The first-order valence-electron chi connectivity index (χ1n) is 8.15. The lowest BCUT2D eigenvalue weighted by Gasteiger charge is -2.10. The van der Waals surface area contributed by atoms with Crippen molar-refractivity contribution in [2.24, 2.45) is 4.99 Å². The molecule has 0 spiro atoms. The zero-order valence-electron chi connectivity index (χ0n) is 14.2. The van der Waals surface area contributed by atoms with Crippen LogP contribution in [0.2, 0.25) is 5.02 Å². The number of aromatic nitrogens is 2. The second kappa shape index (κ2) is 6.41. The lowest BCUT2D eigenvalue weighted by molar-refractivity contribution is 0.429. The first-order chi connectivity index (χ1) is 12.9. The molecule has 2 heterocycles. The number of fused-ring (bicyclic) bond motifs is 1. The van der Waals surface area contributed by atoms with Crippen molar-refractivity contribution in [2.45, 2.75) is 6.92 Å². The second-order valence-electron chi connectivity index (χ2n) is 6.19. The molecule has 0 unspecified atom stereocenters. The smallest absolute Gasteiger partial charge is 0.335 e. The summed E-state index contributed by atoms with van der Waals surface area (Å²) >= 11 is 5.88. The number of nitrogens with one attached hydrogen (secondary N) is 1. The number of benzene rings is 2. The fraction of sp³-hybridized carbons (Fsp3) is 0.0500. The number of nitrogens with zero attached hydrogens (tertiary/aromatic N) is 2.